The van der Waals surface area contributed by atoms with Crippen LogP contribution in [0.4, 0.5) is 0 Å². The number of nitrogens with one attached hydrogen (secondary N) is 2. The number of hydrogen-bond donors (Lipinski definition) is 2. The van der Waals surface area contributed by atoms with Crippen LogP contribution in [0.3, 0.4) is 0 Å². The van der Waals surface area contributed by atoms with Crippen molar-refractivity contribution in [1.82, 2.24) is 10.0 Å². The maximum Gasteiger partial charge on any atom is 0.240 e. The standard InChI is InChI=1S/C15H24N2O4S/c1-3-20-14-6-5-13(9-15(14)21-4-2)22(18,19)17-11-12-7-8-16-10-12/h5-6,9,12,16-17H,3-4,7-8,10-11H2,1-2H3. The smallest absolute Gasteiger partial charge is 0.240 e. The fourth-order valence-electron chi connectivity index (χ4n) is 2.40. The van der Waals surface area contributed by atoms with Gasteiger partial charge in [0.1, 0.15) is 0 Å². The molecule has 2 N–H and O–H groups in total. The number of benzene rings is 1. The summed E-state index contributed by atoms with van der Waals surface area (Å²) in [4.78, 5) is 0.199. The summed E-state index contributed by atoms with van der Waals surface area (Å²) in [5.74, 6) is 1.36. The molecule has 1 aliphatic heterocycles. The third-order valence-electron chi connectivity index (χ3n) is 3.55. The van der Waals surface area contributed by atoms with Crippen LogP contribution in [-0.4, -0.2) is 41.3 Å². The van der Waals surface area contributed by atoms with Gasteiger partial charge in [0.25, 0.3) is 0 Å². The van der Waals surface area contributed by atoms with Crippen LogP contribution in [0.2, 0.25) is 0 Å². The summed E-state index contributed by atoms with van der Waals surface area (Å²) in [6.45, 7) is 6.93. The van der Waals surface area contributed by atoms with E-state index in [9.17, 15) is 8.42 Å². The molecule has 0 spiro atoms. The summed E-state index contributed by atoms with van der Waals surface area (Å²) in [6.07, 6.45) is 0.996. The van der Waals surface area contributed by atoms with Crippen LogP contribution >= 0.6 is 0 Å². The van der Waals surface area contributed by atoms with Crippen molar-refractivity contribution in [3.05, 3.63) is 18.2 Å². The van der Waals surface area contributed by atoms with Gasteiger partial charge in [-0.15, -0.1) is 0 Å². The van der Waals surface area contributed by atoms with E-state index in [4.69, 9.17) is 9.47 Å². The maximum absolute atomic E-state index is 12.4. The first-order valence-electron chi connectivity index (χ1n) is 7.66. The van der Waals surface area contributed by atoms with Crippen molar-refractivity contribution >= 4 is 10.0 Å². The van der Waals surface area contributed by atoms with Crippen LogP contribution in [0.25, 0.3) is 0 Å². The van der Waals surface area contributed by atoms with Crippen LogP contribution in [0, 0.1) is 5.92 Å². The van der Waals surface area contributed by atoms with Gasteiger partial charge in [-0.05, 0) is 51.4 Å². The minimum atomic E-state index is -3.53. The minimum Gasteiger partial charge on any atom is -0.490 e. The molecule has 22 heavy (non-hydrogen) atoms. The molecule has 1 atom stereocenters. The monoisotopic (exact) mass is 328 g/mol. The molecule has 7 heteroatoms. The highest BCUT2D eigenvalue weighted by Crippen LogP contribution is 2.30. The Morgan fingerprint density at radius 1 is 1.23 bits per heavy atom. The molecule has 124 valence electrons. The highest BCUT2D eigenvalue weighted by molar-refractivity contribution is 7.89. The van der Waals surface area contributed by atoms with Crippen LogP contribution in [0.5, 0.6) is 11.5 Å². The zero-order valence-electron chi connectivity index (χ0n) is 13.1. The molecule has 1 aromatic carbocycles. The molecular weight excluding hydrogens is 304 g/mol. The third kappa shape index (κ3) is 4.34. The fourth-order valence-corrected chi connectivity index (χ4v) is 3.53. The molecule has 6 nitrogen and oxygen atoms in total. The number of ether oxygens (including phenoxy) is 2. The molecule has 1 saturated heterocycles. The average Bonchev–Trinajstić information content (AvgIpc) is 3.01. The molecule has 1 aliphatic rings. The van der Waals surface area contributed by atoms with E-state index < -0.39 is 10.0 Å². The molecule has 1 heterocycles. The number of rotatable bonds is 8. The van der Waals surface area contributed by atoms with Crippen molar-refractivity contribution in [1.29, 1.82) is 0 Å². The van der Waals surface area contributed by atoms with E-state index >= 15 is 0 Å². The van der Waals surface area contributed by atoms with Crippen LogP contribution in [0.15, 0.2) is 23.1 Å². The molecule has 1 fully saturated rings. The Morgan fingerprint density at radius 3 is 2.59 bits per heavy atom. The summed E-state index contributed by atoms with van der Waals surface area (Å²) in [5.41, 5.74) is 0. The Balaban J connectivity index is 2.13. The lowest BCUT2D eigenvalue weighted by atomic mass is 10.1. The van der Waals surface area contributed by atoms with Crippen molar-refractivity contribution in [2.45, 2.75) is 25.2 Å². The van der Waals surface area contributed by atoms with Crippen molar-refractivity contribution in [2.24, 2.45) is 5.92 Å². The average molecular weight is 328 g/mol. The first kappa shape index (κ1) is 17.1. The van der Waals surface area contributed by atoms with Gasteiger partial charge in [-0.1, -0.05) is 0 Å². The predicted octanol–water partition coefficient (Wildman–Crippen LogP) is 1.37. The SMILES string of the molecule is CCOc1ccc(S(=O)(=O)NCC2CCNC2)cc1OCC. The van der Waals surface area contributed by atoms with Gasteiger partial charge in [-0.25, -0.2) is 13.1 Å². The molecule has 0 amide bonds. The molecule has 0 aromatic heterocycles. The number of sulfonamides is 1. The normalized spacial score (nSPS) is 18.4. The minimum absolute atomic E-state index is 0.199. The Kier molecular flexibility index (Phi) is 6.05. The Labute approximate surface area is 132 Å². The first-order chi connectivity index (χ1) is 10.6. The molecule has 0 aliphatic carbocycles. The van der Waals surface area contributed by atoms with Crippen molar-refractivity contribution in [3.8, 4) is 11.5 Å². The van der Waals surface area contributed by atoms with Gasteiger partial charge >= 0.3 is 0 Å². The third-order valence-corrected chi connectivity index (χ3v) is 4.97. The van der Waals surface area contributed by atoms with E-state index in [0.29, 0.717) is 37.2 Å². The van der Waals surface area contributed by atoms with Crippen LogP contribution in [0.1, 0.15) is 20.3 Å². The Morgan fingerprint density at radius 2 is 1.95 bits per heavy atom. The number of hydrogen-bond acceptors (Lipinski definition) is 5. The van der Waals surface area contributed by atoms with E-state index in [-0.39, 0.29) is 4.90 Å². The Bertz CT molecular complexity index is 583. The molecule has 0 bridgehead atoms. The van der Waals surface area contributed by atoms with Gasteiger partial charge in [0.2, 0.25) is 10.0 Å². The molecule has 0 saturated carbocycles. The molecule has 0 radical (unpaired) electrons. The van der Waals surface area contributed by atoms with Gasteiger partial charge < -0.3 is 14.8 Å². The van der Waals surface area contributed by atoms with Gasteiger partial charge in [0.05, 0.1) is 18.1 Å². The summed E-state index contributed by atoms with van der Waals surface area (Å²) in [7, 11) is -3.53. The predicted molar refractivity (Wildman–Crippen MR) is 84.9 cm³/mol. The van der Waals surface area contributed by atoms with E-state index in [1.54, 1.807) is 12.1 Å². The summed E-state index contributed by atoms with van der Waals surface area (Å²) in [5, 5.41) is 3.22. The summed E-state index contributed by atoms with van der Waals surface area (Å²) >= 11 is 0. The zero-order valence-corrected chi connectivity index (χ0v) is 13.9. The van der Waals surface area contributed by atoms with Gasteiger partial charge in [-0.2, -0.15) is 0 Å². The lowest BCUT2D eigenvalue weighted by molar-refractivity contribution is 0.287. The van der Waals surface area contributed by atoms with Crippen molar-refractivity contribution < 1.29 is 17.9 Å². The van der Waals surface area contributed by atoms with Crippen LogP contribution < -0.4 is 19.5 Å². The zero-order chi connectivity index (χ0) is 16.0. The second-order valence-corrected chi connectivity index (χ2v) is 6.95. The maximum atomic E-state index is 12.4. The van der Waals surface area contributed by atoms with E-state index in [1.165, 1.54) is 6.07 Å². The highest BCUT2D eigenvalue weighted by Gasteiger charge is 2.21. The fraction of sp³-hybridized carbons (Fsp3) is 0.600. The van der Waals surface area contributed by atoms with Gasteiger partial charge in [0, 0.05) is 12.6 Å². The van der Waals surface area contributed by atoms with E-state index in [2.05, 4.69) is 10.0 Å². The highest BCUT2D eigenvalue weighted by atomic mass is 32.2. The van der Waals surface area contributed by atoms with E-state index in [0.717, 1.165) is 19.5 Å². The topological polar surface area (TPSA) is 76.7 Å². The van der Waals surface area contributed by atoms with Crippen molar-refractivity contribution in [2.75, 3.05) is 32.8 Å². The lowest BCUT2D eigenvalue weighted by Gasteiger charge is -2.14. The van der Waals surface area contributed by atoms with Gasteiger partial charge in [0.15, 0.2) is 11.5 Å². The van der Waals surface area contributed by atoms with Gasteiger partial charge in [-0.3, -0.25) is 0 Å². The molecule has 2 rings (SSSR count). The van der Waals surface area contributed by atoms with Crippen LogP contribution in [-0.2, 0) is 10.0 Å². The lowest BCUT2D eigenvalue weighted by Crippen LogP contribution is -2.30. The Hall–Kier alpha value is -1.31. The second-order valence-electron chi connectivity index (χ2n) is 5.19. The van der Waals surface area contributed by atoms with Crippen molar-refractivity contribution in [3.63, 3.8) is 0 Å². The quantitative estimate of drug-likeness (QED) is 0.754. The molecular formula is C15H24N2O4S. The molecule has 1 aromatic rings. The molecule has 1 unspecified atom stereocenters. The largest absolute Gasteiger partial charge is 0.490 e. The summed E-state index contributed by atoms with van der Waals surface area (Å²) < 4.78 is 38.4. The summed E-state index contributed by atoms with van der Waals surface area (Å²) in [6, 6.07) is 4.70. The van der Waals surface area contributed by atoms with E-state index in [1.807, 2.05) is 13.8 Å². The second kappa shape index (κ2) is 7.80. The first-order valence-corrected chi connectivity index (χ1v) is 9.15.